The number of carboxylic acid groups (broad SMARTS) is 1. The Labute approximate surface area is 221 Å². The largest absolute Gasteiger partial charge is 0.480 e. The number of sulfonamides is 1. The third-order valence-electron chi connectivity index (χ3n) is 6.55. The molecule has 4 aromatic carbocycles. The van der Waals surface area contributed by atoms with Crippen molar-refractivity contribution >= 4 is 27.0 Å². The van der Waals surface area contributed by atoms with E-state index in [9.17, 15) is 18.3 Å². The molecular formula is C31H27NO5S. The Morgan fingerprint density at radius 3 is 2.03 bits per heavy atom. The molecule has 0 radical (unpaired) electrons. The molecule has 0 bridgehead atoms. The van der Waals surface area contributed by atoms with Gasteiger partial charge >= 0.3 is 5.97 Å². The maximum absolute atomic E-state index is 12.6. The minimum absolute atomic E-state index is 0.0213. The molecule has 0 fully saturated rings. The first-order valence-electron chi connectivity index (χ1n) is 12.4. The molecule has 192 valence electrons. The topological polar surface area (TPSA) is 96.6 Å². The molecule has 1 aromatic heterocycles. The average Bonchev–Trinajstić information content (AvgIpc) is 3.30. The molecule has 6 nitrogen and oxygen atoms in total. The number of carboxylic acids is 1. The van der Waals surface area contributed by atoms with Crippen LogP contribution < -0.4 is 4.72 Å². The van der Waals surface area contributed by atoms with E-state index in [-0.39, 0.29) is 11.3 Å². The summed E-state index contributed by atoms with van der Waals surface area (Å²) in [7, 11) is -3.94. The van der Waals surface area contributed by atoms with Gasteiger partial charge in [-0.2, -0.15) is 4.72 Å². The molecule has 0 aliphatic carbocycles. The maximum atomic E-state index is 12.6. The van der Waals surface area contributed by atoms with Crippen LogP contribution >= 0.6 is 0 Å². The van der Waals surface area contributed by atoms with Gasteiger partial charge in [0.05, 0.1) is 4.90 Å². The van der Waals surface area contributed by atoms with Crippen LogP contribution in [0, 0.1) is 0 Å². The Morgan fingerprint density at radius 2 is 1.39 bits per heavy atom. The van der Waals surface area contributed by atoms with Gasteiger partial charge in [0.2, 0.25) is 10.0 Å². The molecule has 0 aliphatic heterocycles. The lowest BCUT2D eigenvalue weighted by molar-refractivity contribution is -0.139. The first-order chi connectivity index (χ1) is 18.4. The van der Waals surface area contributed by atoms with E-state index >= 15 is 0 Å². The number of hydrogen-bond donors (Lipinski definition) is 2. The summed E-state index contributed by atoms with van der Waals surface area (Å²) in [5.41, 5.74) is 5.89. The molecule has 2 N–H and O–H groups in total. The molecule has 0 aliphatic rings. The summed E-state index contributed by atoms with van der Waals surface area (Å²) in [4.78, 5) is 11.3. The van der Waals surface area contributed by atoms with E-state index in [0.717, 1.165) is 39.0 Å². The fraction of sp³-hybridized carbons (Fsp3) is 0.129. The van der Waals surface area contributed by atoms with Gasteiger partial charge < -0.3 is 9.52 Å². The van der Waals surface area contributed by atoms with E-state index < -0.39 is 22.0 Å². The normalized spacial score (nSPS) is 12.4. The number of nitrogens with one attached hydrogen (secondary N) is 1. The first kappa shape index (κ1) is 25.4. The Bertz CT molecular complexity index is 1670. The maximum Gasteiger partial charge on any atom is 0.321 e. The van der Waals surface area contributed by atoms with Crippen LogP contribution in [0.15, 0.2) is 112 Å². The lowest BCUT2D eigenvalue weighted by Crippen LogP contribution is -2.40. The molecule has 0 saturated carbocycles. The predicted octanol–water partition coefficient (Wildman–Crippen LogP) is 6.50. The van der Waals surface area contributed by atoms with Crippen LogP contribution in [0.25, 0.3) is 33.2 Å². The Hall–Kier alpha value is -4.20. The second-order valence-electron chi connectivity index (χ2n) is 9.08. The zero-order valence-corrected chi connectivity index (χ0v) is 21.6. The number of furan rings is 1. The van der Waals surface area contributed by atoms with E-state index in [1.165, 1.54) is 17.7 Å². The summed E-state index contributed by atoms with van der Waals surface area (Å²) in [5, 5.41) is 10.2. The Morgan fingerprint density at radius 1 is 0.816 bits per heavy atom. The smallest absolute Gasteiger partial charge is 0.321 e. The van der Waals surface area contributed by atoms with Crippen LogP contribution in [-0.2, 0) is 21.2 Å². The van der Waals surface area contributed by atoms with Crippen molar-refractivity contribution in [2.75, 3.05) is 0 Å². The van der Waals surface area contributed by atoms with Gasteiger partial charge in [-0.05, 0) is 46.9 Å². The van der Waals surface area contributed by atoms with Crippen molar-refractivity contribution in [2.24, 2.45) is 0 Å². The van der Waals surface area contributed by atoms with Crippen LogP contribution in [-0.4, -0.2) is 25.5 Å². The van der Waals surface area contributed by atoms with Crippen molar-refractivity contribution in [2.45, 2.75) is 30.7 Å². The van der Waals surface area contributed by atoms with E-state index in [2.05, 4.69) is 22.9 Å². The Kier molecular flexibility index (Phi) is 7.13. The summed E-state index contributed by atoms with van der Waals surface area (Å²) in [6.45, 7) is 1.62. The molecule has 7 heteroatoms. The van der Waals surface area contributed by atoms with Crippen LogP contribution in [0.3, 0.4) is 0 Å². The van der Waals surface area contributed by atoms with Crippen LogP contribution in [0.1, 0.15) is 24.7 Å². The monoisotopic (exact) mass is 525 g/mol. The van der Waals surface area contributed by atoms with Crippen molar-refractivity contribution in [1.29, 1.82) is 0 Å². The highest BCUT2D eigenvalue weighted by molar-refractivity contribution is 7.89. The van der Waals surface area contributed by atoms with Gasteiger partial charge in [-0.25, -0.2) is 8.42 Å². The van der Waals surface area contributed by atoms with Gasteiger partial charge in [0, 0.05) is 17.4 Å². The third kappa shape index (κ3) is 5.25. The van der Waals surface area contributed by atoms with E-state index in [0.29, 0.717) is 6.42 Å². The van der Waals surface area contributed by atoms with Crippen molar-refractivity contribution in [1.82, 2.24) is 4.72 Å². The minimum Gasteiger partial charge on any atom is -0.480 e. The van der Waals surface area contributed by atoms with Gasteiger partial charge in [0.15, 0.2) is 0 Å². The third-order valence-corrected chi connectivity index (χ3v) is 8.04. The molecule has 1 heterocycles. The number of fused-ring (bicyclic) bond motifs is 1. The quantitative estimate of drug-likeness (QED) is 0.229. The van der Waals surface area contributed by atoms with Crippen LogP contribution in [0.2, 0.25) is 0 Å². The summed E-state index contributed by atoms with van der Waals surface area (Å²) in [5.74, 6) is -0.302. The summed E-state index contributed by atoms with van der Waals surface area (Å²) in [6, 6.07) is 31.6. The SMILES string of the molecule is CCC(NS(=O)(=O)c1ccc(-c2ccc(-c3c(Cc4ccccc4)oc4ccccc34)cc2)cc1)C(=O)O. The summed E-state index contributed by atoms with van der Waals surface area (Å²) in [6.07, 6.45) is 0.829. The lowest BCUT2D eigenvalue weighted by Gasteiger charge is -2.13. The molecule has 5 aromatic rings. The van der Waals surface area contributed by atoms with Crippen molar-refractivity contribution in [3.8, 4) is 22.3 Å². The average molecular weight is 526 g/mol. The second kappa shape index (κ2) is 10.7. The van der Waals surface area contributed by atoms with Gasteiger partial charge in [0.25, 0.3) is 0 Å². The Balaban J connectivity index is 1.43. The second-order valence-corrected chi connectivity index (χ2v) is 10.8. The number of aliphatic carboxylic acids is 1. The zero-order valence-electron chi connectivity index (χ0n) is 20.8. The number of carbonyl (C=O) groups is 1. The molecule has 1 unspecified atom stereocenters. The fourth-order valence-corrected chi connectivity index (χ4v) is 5.81. The van der Waals surface area contributed by atoms with Crippen LogP contribution in [0.5, 0.6) is 0 Å². The number of rotatable bonds is 9. The van der Waals surface area contributed by atoms with Gasteiger partial charge in [-0.1, -0.05) is 91.9 Å². The zero-order chi connectivity index (χ0) is 26.7. The van der Waals surface area contributed by atoms with Gasteiger partial charge in [-0.15, -0.1) is 0 Å². The lowest BCUT2D eigenvalue weighted by atomic mass is 9.96. The van der Waals surface area contributed by atoms with Crippen LogP contribution in [0.4, 0.5) is 0 Å². The van der Waals surface area contributed by atoms with Gasteiger partial charge in [0.1, 0.15) is 17.4 Å². The summed E-state index contributed by atoms with van der Waals surface area (Å²) >= 11 is 0. The van der Waals surface area contributed by atoms with E-state index in [1.54, 1.807) is 19.1 Å². The number of hydrogen-bond acceptors (Lipinski definition) is 4. The minimum atomic E-state index is -3.94. The molecule has 0 spiro atoms. The highest BCUT2D eigenvalue weighted by Crippen LogP contribution is 2.37. The van der Waals surface area contributed by atoms with Crippen molar-refractivity contribution in [3.63, 3.8) is 0 Å². The van der Waals surface area contributed by atoms with E-state index in [4.69, 9.17) is 4.42 Å². The predicted molar refractivity (Wildman–Crippen MR) is 148 cm³/mol. The number of benzene rings is 4. The molecule has 0 saturated heterocycles. The molecule has 1 atom stereocenters. The fourth-order valence-electron chi connectivity index (χ4n) is 4.54. The standard InChI is InChI=1S/C31H27NO5S/c1-2-27(31(33)34)32-38(35,36)25-18-16-23(17-19-25)22-12-14-24(15-13-22)30-26-10-6-7-11-28(26)37-29(30)20-21-8-4-3-5-9-21/h3-19,27,32H,2,20H2,1H3,(H,33,34). The summed E-state index contributed by atoms with van der Waals surface area (Å²) < 4.78 is 33.7. The highest BCUT2D eigenvalue weighted by Gasteiger charge is 2.24. The van der Waals surface area contributed by atoms with Crippen molar-refractivity contribution in [3.05, 3.63) is 114 Å². The molecule has 5 rings (SSSR count). The highest BCUT2D eigenvalue weighted by atomic mass is 32.2. The first-order valence-corrected chi connectivity index (χ1v) is 13.8. The van der Waals surface area contributed by atoms with Crippen molar-refractivity contribution < 1.29 is 22.7 Å². The molecule has 38 heavy (non-hydrogen) atoms. The van der Waals surface area contributed by atoms with Gasteiger partial charge in [-0.3, -0.25) is 4.79 Å². The molecular weight excluding hydrogens is 498 g/mol. The number of para-hydroxylation sites is 1. The molecule has 0 amide bonds. The van der Waals surface area contributed by atoms with E-state index in [1.807, 2.05) is 60.7 Å².